The fourth-order valence-electron chi connectivity index (χ4n) is 1.50. The second kappa shape index (κ2) is 4.81. The van der Waals surface area contributed by atoms with Gasteiger partial charge in [-0.1, -0.05) is 20.8 Å². The number of ether oxygens (including phenoxy) is 1. The van der Waals surface area contributed by atoms with Crippen molar-refractivity contribution in [1.29, 1.82) is 0 Å². The normalized spacial score (nSPS) is 16.7. The van der Waals surface area contributed by atoms with Crippen molar-refractivity contribution in [2.24, 2.45) is 5.41 Å². The molecule has 0 fully saturated rings. The molecule has 1 atom stereocenters. The minimum absolute atomic E-state index is 1.03. The van der Waals surface area contributed by atoms with E-state index in [1.165, 1.54) is 20.8 Å². The molecule has 16 heavy (non-hydrogen) atoms. The highest BCUT2D eigenvalue weighted by Gasteiger charge is 2.64. The molecule has 0 rings (SSSR count). The van der Waals surface area contributed by atoms with Gasteiger partial charge in [-0.15, -0.1) is 0 Å². The minimum atomic E-state index is -4.89. The molecule has 8 heteroatoms. The summed E-state index contributed by atoms with van der Waals surface area (Å²) >= 11 is 0. The van der Waals surface area contributed by atoms with Gasteiger partial charge in [0.15, 0.2) is 0 Å². The van der Waals surface area contributed by atoms with Crippen molar-refractivity contribution >= 4 is 13.6 Å². The van der Waals surface area contributed by atoms with Gasteiger partial charge in [0.1, 0.15) is 0 Å². The summed E-state index contributed by atoms with van der Waals surface area (Å²) in [5, 5.41) is -2.39. The van der Waals surface area contributed by atoms with Crippen molar-refractivity contribution in [3.8, 4) is 0 Å². The summed E-state index contributed by atoms with van der Waals surface area (Å²) in [6.45, 7) is 4.35. The Balaban J connectivity index is 5.68. The lowest BCUT2D eigenvalue weighted by molar-refractivity contribution is -0.271. The Morgan fingerprint density at radius 2 is 1.62 bits per heavy atom. The van der Waals surface area contributed by atoms with E-state index in [4.69, 9.17) is 4.74 Å². The van der Waals surface area contributed by atoms with Gasteiger partial charge in [0.2, 0.25) is 0 Å². The molecule has 1 unspecified atom stereocenters. The first-order chi connectivity index (χ1) is 7.04. The Bertz CT molecular complexity index is 302. The molecule has 0 heterocycles. The summed E-state index contributed by atoms with van der Waals surface area (Å²) in [5.41, 5.74) is -1.17. The zero-order chi connectivity index (χ0) is 13.2. The number of carbonyl (C=O) groups excluding carboxylic acids is 1. The van der Waals surface area contributed by atoms with Crippen LogP contribution in [0.25, 0.3) is 0 Å². The van der Waals surface area contributed by atoms with E-state index in [-0.39, 0.29) is 0 Å². The first-order valence-electron chi connectivity index (χ1n) is 4.40. The highest BCUT2D eigenvalue weighted by Crippen LogP contribution is 2.60. The van der Waals surface area contributed by atoms with Crippen molar-refractivity contribution in [2.75, 3.05) is 14.2 Å². The molecule has 96 valence electrons. The zero-order valence-corrected chi connectivity index (χ0v) is 10.8. The number of rotatable bonds is 4. The van der Waals surface area contributed by atoms with Gasteiger partial charge >= 0.3 is 13.6 Å². The van der Waals surface area contributed by atoms with E-state index >= 15 is 0 Å². The minimum Gasteiger partial charge on any atom is -0.356 e. The molecule has 7 nitrogen and oxygen atoms in total. The monoisotopic (exact) mass is 256 g/mol. The van der Waals surface area contributed by atoms with E-state index in [2.05, 4.69) is 9.78 Å². The highest BCUT2D eigenvalue weighted by atomic mass is 31.2. The largest absolute Gasteiger partial charge is 0.386 e. The standard InChI is InChI=1S/C8H17O7P/c1-7(2,3)8(13-4,16(10,11)12)6(9)15-14-5/h1-5H3,(H2,10,11,12). The summed E-state index contributed by atoms with van der Waals surface area (Å²) in [5.74, 6) is -1.27. The molecule has 0 aromatic rings. The molecule has 0 bridgehead atoms. The van der Waals surface area contributed by atoms with Crippen LogP contribution in [0.5, 0.6) is 0 Å². The van der Waals surface area contributed by atoms with Crippen LogP contribution < -0.4 is 0 Å². The van der Waals surface area contributed by atoms with E-state index in [0.717, 1.165) is 14.2 Å². The van der Waals surface area contributed by atoms with Gasteiger partial charge in [-0.2, -0.15) is 4.89 Å². The number of methoxy groups -OCH3 is 1. The summed E-state index contributed by atoms with van der Waals surface area (Å²) in [6, 6.07) is 0. The van der Waals surface area contributed by atoms with Gasteiger partial charge in [0.25, 0.3) is 5.34 Å². The van der Waals surface area contributed by atoms with Gasteiger partial charge in [-0.3, -0.25) is 9.45 Å². The molecule has 0 aliphatic heterocycles. The second-order valence-corrected chi connectivity index (χ2v) is 5.90. The van der Waals surface area contributed by atoms with E-state index in [9.17, 15) is 19.1 Å². The van der Waals surface area contributed by atoms with Crippen molar-refractivity contribution in [3.63, 3.8) is 0 Å². The highest BCUT2D eigenvalue weighted by molar-refractivity contribution is 7.54. The predicted molar refractivity (Wildman–Crippen MR) is 54.3 cm³/mol. The average Bonchev–Trinajstić information content (AvgIpc) is 2.00. The van der Waals surface area contributed by atoms with E-state index in [1.54, 1.807) is 0 Å². The van der Waals surface area contributed by atoms with Crippen molar-refractivity contribution in [1.82, 2.24) is 0 Å². The first-order valence-corrected chi connectivity index (χ1v) is 6.01. The fraction of sp³-hybridized carbons (Fsp3) is 0.875. The molecule has 0 radical (unpaired) electrons. The molecule has 0 aromatic carbocycles. The molecule has 0 saturated carbocycles. The van der Waals surface area contributed by atoms with Crippen LogP contribution in [-0.4, -0.2) is 35.3 Å². The third-order valence-corrected chi connectivity index (χ3v) is 4.01. The molecule has 0 aromatic heterocycles. The van der Waals surface area contributed by atoms with Gasteiger partial charge in [-0.05, 0) is 0 Å². The quantitative estimate of drug-likeness (QED) is 0.432. The Labute approximate surface area is 93.8 Å². The number of carbonyl (C=O) groups is 1. The first kappa shape index (κ1) is 15.5. The Morgan fingerprint density at radius 1 is 1.19 bits per heavy atom. The molecule has 0 amide bonds. The lowest BCUT2D eigenvalue weighted by Gasteiger charge is -2.39. The Hall–Kier alpha value is -0.460. The van der Waals surface area contributed by atoms with Gasteiger partial charge in [-0.25, -0.2) is 4.79 Å². The molecule has 0 aliphatic rings. The fourth-order valence-corrected chi connectivity index (χ4v) is 2.89. The maximum atomic E-state index is 11.6. The van der Waals surface area contributed by atoms with E-state index in [0.29, 0.717) is 0 Å². The van der Waals surface area contributed by atoms with Crippen LogP contribution >= 0.6 is 7.60 Å². The molecule has 0 spiro atoms. The maximum absolute atomic E-state index is 11.6. The molecular weight excluding hydrogens is 239 g/mol. The lowest BCUT2D eigenvalue weighted by atomic mass is 9.88. The SMILES string of the molecule is COOC(=O)C(OC)(C(C)(C)C)P(=O)(O)O. The van der Waals surface area contributed by atoms with Crippen LogP contribution in [-0.2, 0) is 23.9 Å². The number of hydrogen-bond acceptors (Lipinski definition) is 5. The summed E-state index contributed by atoms with van der Waals surface area (Å²) < 4.78 is 16.2. The zero-order valence-electron chi connectivity index (χ0n) is 9.88. The predicted octanol–water partition coefficient (Wildman–Crippen LogP) is 0.657. The molecule has 0 aliphatic carbocycles. The van der Waals surface area contributed by atoms with Gasteiger partial charge in [0.05, 0.1) is 7.11 Å². The van der Waals surface area contributed by atoms with Crippen LogP contribution in [0.4, 0.5) is 0 Å². The summed E-state index contributed by atoms with van der Waals surface area (Å²) in [7, 11) is -2.81. The van der Waals surface area contributed by atoms with Gasteiger partial charge < -0.3 is 14.5 Å². The maximum Gasteiger partial charge on any atom is 0.386 e. The average molecular weight is 256 g/mol. The Morgan fingerprint density at radius 3 is 1.81 bits per heavy atom. The van der Waals surface area contributed by atoms with E-state index in [1.807, 2.05) is 0 Å². The number of hydrogen-bond donors (Lipinski definition) is 2. The van der Waals surface area contributed by atoms with Crippen LogP contribution in [0.15, 0.2) is 0 Å². The van der Waals surface area contributed by atoms with Crippen LogP contribution in [0.3, 0.4) is 0 Å². The third-order valence-electron chi connectivity index (χ3n) is 2.16. The smallest absolute Gasteiger partial charge is 0.356 e. The summed E-state index contributed by atoms with van der Waals surface area (Å²) in [4.78, 5) is 38.5. The lowest BCUT2D eigenvalue weighted by Crippen LogP contribution is -2.52. The van der Waals surface area contributed by atoms with Crippen molar-refractivity contribution in [3.05, 3.63) is 0 Å². The summed E-state index contributed by atoms with van der Waals surface area (Å²) in [6.07, 6.45) is 0. The molecular formula is C8H17O7P. The topological polar surface area (TPSA) is 102 Å². The van der Waals surface area contributed by atoms with E-state index < -0.39 is 24.3 Å². The Kier molecular flexibility index (Phi) is 4.67. The van der Waals surface area contributed by atoms with Crippen molar-refractivity contribution in [2.45, 2.75) is 26.1 Å². The second-order valence-electron chi connectivity index (χ2n) is 4.18. The van der Waals surface area contributed by atoms with Crippen LogP contribution in [0.2, 0.25) is 0 Å². The molecule has 2 N–H and O–H groups in total. The van der Waals surface area contributed by atoms with Crippen molar-refractivity contribution < 1.29 is 33.7 Å². The van der Waals surface area contributed by atoms with Crippen LogP contribution in [0.1, 0.15) is 20.8 Å². The molecule has 0 saturated heterocycles. The third kappa shape index (κ3) is 2.44. The van der Waals surface area contributed by atoms with Gasteiger partial charge in [0, 0.05) is 12.5 Å². The van der Waals surface area contributed by atoms with Crippen LogP contribution in [0, 0.1) is 5.41 Å².